The van der Waals surface area contributed by atoms with Crippen LogP contribution in [0.2, 0.25) is 0 Å². The summed E-state index contributed by atoms with van der Waals surface area (Å²) in [5.74, 6) is -0.566. The summed E-state index contributed by atoms with van der Waals surface area (Å²) in [6.45, 7) is 4.89. The van der Waals surface area contributed by atoms with Crippen LogP contribution in [0.15, 0.2) is 9.59 Å². The van der Waals surface area contributed by atoms with Gasteiger partial charge in [-0.2, -0.15) is 0 Å². The smallest absolute Gasteiger partial charge is 0.345 e. The number of esters is 1. The number of carbonyl (C=O) groups excluding carboxylic acids is 1. The van der Waals surface area contributed by atoms with Crippen molar-refractivity contribution in [2.45, 2.75) is 32.9 Å². The fourth-order valence-corrected chi connectivity index (χ4v) is 1.16. The van der Waals surface area contributed by atoms with Gasteiger partial charge in [-0.05, 0) is 20.8 Å². The summed E-state index contributed by atoms with van der Waals surface area (Å²) in [4.78, 5) is 35.8. The lowest BCUT2D eigenvalue weighted by molar-refractivity contribution is -0.156. The number of hydrogen-bond donors (Lipinski definition) is 1. The van der Waals surface area contributed by atoms with Gasteiger partial charge in [0.25, 0.3) is 0 Å². The van der Waals surface area contributed by atoms with Gasteiger partial charge < -0.3 is 4.74 Å². The molecule has 7 nitrogen and oxygen atoms in total. The van der Waals surface area contributed by atoms with Crippen molar-refractivity contribution < 1.29 is 9.53 Å². The molecule has 1 aromatic heterocycles. The second-order valence-electron chi connectivity index (χ2n) is 4.40. The number of carbonyl (C=O) groups is 1. The van der Waals surface area contributed by atoms with E-state index in [1.165, 1.54) is 7.05 Å². The van der Waals surface area contributed by atoms with E-state index in [1.807, 2.05) is 0 Å². The first-order chi connectivity index (χ1) is 7.20. The number of nitrogens with one attached hydrogen (secondary N) is 1. The first-order valence-electron chi connectivity index (χ1n) is 4.78. The molecule has 0 aliphatic carbocycles. The van der Waals surface area contributed by atoms with Crippen molar-refractivity contribution in [3.8, 4) is 0 Å². The van der Waals surface area contributed by atoms with Crippen molar-refractivity contribution in [1.82, 2.24) is 14.3 Å². The maximum absolute atomic E-state index is 11.4. The lowest BCUT2D eigenvalue weighted by Gasteiger charge is -2.19. The van der Waals surface area contributed by atoms with Gasteiger partial charge in [-0.1, -0.05) is 0 Å². The summed E-state index contributed by atoms with van der Waals surface area (Å²) in [5, 5.41) is 0. The lowest BCUT2D eigenvalue weighted by atomic mass is 10.2. The molecule has 0 radical (unpaired) electrons. The fraction of sp³-hybridized carbons (Fsp3) is 0.667. The molecule has 0 fully saturated rings. The SMILES string of the molecule is Cn1c(=O)[nH]c(=O)n1CC(=O)OC(C)(C)C. The number of nitrogens with zero attached hydrogens (tertiary/aromatic N) is 2. The third-order valence-electron chi connectivity index (χ3n) is 1.80. The third kappa shape index (κ3) is 2.85. The Balaban J connectivity index is 2.86. The Morgan fingerprint density at radius 3 is 2.25 bits per heavy atom. The predicted molar refractivity (Wildman–Crippen MR) is 56.1 cm³/mol. The van der Waals surface area contributed by atoms with Crippen LogP contribution in [-0.4, -0.2) is 25.9 Å². The Kier molecular flexibility index (Phi) is 3.06. The summed E-state index contributed by atoms with van der Waals surface area (Å²) in [7, 11) is 1.39. The van der Waals surface area contributed by atoms with Gasteiger partial charge >= 0.3 is 17.3 Å². The minimum Gasteiger partial charge on any atom is -0.459 e. The van der Waals surface area contributed by atoms with Gasteiger partial charge in [0.05, 0.1) is 0 Å². The van der Waals surface area contributed by atoms with Crippen LogP contribution in [0.1, 0.15) is 20.8 Å². The normalized spacial score (nSPS) is 11.5. The van der Waals surface area contributed by atoms with Gasteiger partial charge in [0, 0.05) is 7.05 Å². The molecule has 0 spiro atoms. The molecule has 0 amide bonds. The Morgan fingerprint density at radius 1 is 1.31 bits per heavy atom. The quantitative estimate of drug-likeness (QED) is 0.674. The van der Waals surface area contributed by atoms with Crippen LogP contribution in [0.4, 0.5) is 0 Å². The van der Waals surface area contributed by atoms with Gasteiger partial charge in [-0.25, -0.2) is 19.0 Å². The van der Waals surface area contributed by atoms with Gasteiger partial charge in [-0.15, -0.1) is 0 Å². The van der Waals surface area contributed by atoms with Crippen molar-refractivity contribution in [2.75, 3.05) is 0 Å². The van der Waals surface area contributed by atoms with Gasteiger partial charge in [0.15, 0.2) is 0 Å². The van der Waals surface area contributed by atoms with E-state index in [2.05, 4.69) is 4.98 Å². The Labute approximate surface area is 91.6 Å². The topological polar surface area (TPSA) is 86.1 Å². The summed E-state index contributed by atoms with van der Waals surface area (Å²) in [6.07, 6.45) is 0. The van der Waals surface area contributed by atoms with Crippen LogP contribution < -0.4 is 11.4 Å². The van der Waals surface area contributed by atoms with E-state index >= 15 is 0 Å². The Hall–Kier alpha value is -1.79. The second kappa shape index (κ2) is 3.99. The molecular formula is C9H15N3O4. The standard InChI is InChI=1S/C9H15N3O4/c1-9(2,3)16-6(13)5-12-8(15)10-7(14)11(12)4/h5H2,1-4H3,(H,10,14,15). The van der Waals surface area contributed by atoms with Crippen molar-refractivity contribution in [2.24, 2.45) is 7.05 Å². The zero-order chi connectivity index (χ0) is 12.5. The highest BCUT2D eigenvalue weighted by Gasteiger charge is 2.18. The Bertz CT molecular complexity index is 500. The first-order valence-corrected chi connectivity index (χ1v) is 4.78. The summed E-state index contributed by atoms with van der Waals surface area (Å²) >= 11 is 0. The molecule has 0 bridgehead atoms. The number of ether oxygens (including phenoxy) is 1. The molecule has 1 N–H and O–H groups in total. The molecule has 1 aromatic rings. The van der Waals surface area contributed by atoms with Gasteiger partial charge in [0.2, 0.25) is 0 Å². The number of aromatic nitrogens is 3. The zero-order valence-electron chi connectivity index (χ0n) is 9.73. The highest BCUT2D eigenvalue weighted by Crippen LogP contribution is 2.06. The fourth-order valence-electron chi connectivity index (χ4n) is 1.16. The van der Waals surface area contributed by atoms with E-state index in [9.17, 15) is 14.4 Å². The monoisotopic (exact) mass is 229 g/mol. The Morgan fingerprint density at radius 2 is 1.88 bits per heavy atom. The van der Waals surface area contributed by atoms with Gasteiger partial charge in [0.1, 0.15) is 12.1 Å². The number of H-pyrrole nitrogens is 1. The molecule has 1 heterocycles. The maximum atomic E-state index is 11.4. The van der Waals surface area contributed by atoms with E-state index in [-0.39, 0.29) is 6.54 Å². The first kappa shape index (κ1) is 12.3. The molecule has 0 unspecified atom stereocenters. The average Bonchev–Trinajstić information content (AvgIpc) is 2.29. The molecule has 1 rings (SSSR count). The van der Waals surface area contributed by atoms with E-state index < -0.39 is 22.9 Å². The van der Waals surface area contributed by atoms with Crippen LogP contribution in [0.25, 0.3) is 0 Å². The molecule has 7 heteroatoms. The predicted octanol–water partition coefficient (Wildman–Crippen LogP) is -0.783. The maximum Gasteiger partial charge on any atom is 0.345 e. The van der Waals surface area contributed by atoms with Crippen LogP contribution in [-0.2, 0) is 23.1 Å². The van der Waals surface area contributed by atoms with E-state index in [0.717, 1.165) is 9.36 Å². The molecule has 16 heavy (non-hydrogen) atoms. The van der Waals surface area contributed by atoms with Crippen molar-refractivity contribution in [1.29, 1.82) is 0 Å². The minimum absolute atomic E-state index is 0.286. The number of hydrogen-bond acceptors (Lipinski definition) is 4. The molecule has 0 saturated heterocycles. The zero-order valence-corrected chi connectivity index (χ0v) is 9.73. The molecule has 0 aliphatic rings. The van der Waals surface area contributed by atoms with E-state index in [1.54, 1.807) is 20.8 Å². The summed E-state index contributed by atoms with van der Waals surface area (Å²) in [5.41, 5.74) is -1.80. The molecule has 0 saturated carbocycles. The van der Waals surface area contributed by atoms with Gasteiger partial charge in [-0.3, -0.25) is 9.78 Å². The highest BCUT2D eigenvalue weighted by atomic mass is 16.6. The molecule has 0 aliphatic heterocycles. The van der Waals surface area contributed by atoms with E-state index in [0.29, 0.717) is 0 Å². The minimum atomic E-state index is -0.627. The lowest BCUT2D eigenvalue weighted by Crippen LogP contribution is -2.32. The van der Waals surface area contributed by atoms with Crippen LogP contribution in [0.5, 0.6) is 0 Å². The number of rotatable bonds is 2. The van der Waals surface area contributed by atoms with Crippen LogP contribution in [0.3, 0.4) is 0 Å². The summed E-state index contributed by atoms with van der Waals surface area (Å²) < 4.78 is 7.05. The largest absolute Gasteiger partial charge is 0.459 e. The molecule has 90 valence electrons. The summed E-state index contributed by atoms with van der Waals surface area (Å²) in [6, 6.07) is 0. The molecule has 0 aromatic carbocycles. The third-order valence-corrected chi connectivity index (χ3v) is 1.80. The second-order valence-corrected chi connectivity index (χ2v) is 4.40. The average molecular weight is 229 g/mol. The molecular weight excluding hydrogens is 214 g/mol. The van der Waals surface area contributed by atoms with Crippen molar-refractivity contribution in [3.05, 3.63) is 21.0 Å². The van der Waals surface area contributed by atoms with E-state index in [4.69, 9.17) is 4.74 Å². The highest BCUT2D eigenvalue weighted by molar-refractivity contribution is 5.69. The molecule has 0 atom stereocenters. The van der Waals surface area contributed by atoms with Crippen molar-refractivity contribution >= 4 is 5.97 Å². The number of aromatic amines is 1. The van der Waals surface area contributed by atoms with Crippen LogP contribution >= 0.6 is 0 Å². The van der Waals surface area contributed by atoms with Crippen LogP contribution in [0, 0.1) is 0 Å². The van der Waals surface area contributed by atoms with Crippen molar-refractivity contribution in [3.63, 3.8) is 0 Å².